The largest absolute Gasteiger partial charge is 0.470 e. The number of nitrogens with zero attached hydrogens (tertiary/aromatic N) is 2. The van der Waals surface area contributed by atoms with Crippen molar-refractivity contribution >= 4 is 27.1 Å². The van der Waals surface area contributed by atoms with Gasteiger partial charge in [-0.1, -0.05) is 20.8 Å². The quantitative estimate of drug-likeness (QED) is 0.556. The zero-order chi connectivity index (χ0) is 18.4. The molecule has 0 fully saturated rings. The molecule has 0 spiro atoms. The van der Waals surface area contributed by atoms with E-state index in [1.54, 1.807) is 12.3 Å². The van der Waals surface area contributed by atoms with Crippen LogP contribution in [0.3, 0.4) is 0 Å². The first-order chi connectivity index (χ1) is 11.8. The van der Waals surface area contributed by atoms with E-state index < -0.39 is 12.3 Å². The SMILES string of the molecule is CNC1C=CNC(C)=C1C=NCc1cnc(OCC(F)(F)P)c(Cl)c1. The van der Waals surface area contributed by atoms with Crippen molar-refractivity contribution in [3.05, 3.63) is 46.4 Å². The molecule has 0 amide bonds. The van der Waals surface area contributed by atoms with E-state index in [0.717, 1.165) is 16.8 Å². The molecule has 2 heterocycles. The molecule has 0 radical (unpaired) electrons. The fourth-order valence-corrected chi connectivity index (χ4v) is 2.52. The number of rotatable bonds is 7. The number of nitrogens with one attached hydrogen (secondary N) is 2. The standard InChI is InChI=1S/C16H20ClF2N4OP/c1-10-12(14(20-2)3-4-22-10)8-21-6-11-5-13(17)15(23-7-11)24-9-16(18,19)25/h3-5,7-8,14,20,22H,6,9,25H2,1-2H3. The summed E-state index contributed by atoms with van der Waals surface area (Å²) in [7, 11) is 3.28. The number of pyridine rings is 1. The minimum atomic E-state index is -3.02. The van der Waals surface area contributed by atoms with Crippen molar-refractivity contribution < 1.29 is 13.5 Å². The average Bonchev–Trinajstić information content (AvgIpc) is 2.54. The van der Waals surface area contributed by atoms with Gasteiger partial charge in [0.2, 0.25) is 5.88 Å². The number of allylic oxidation sites excluding steroid dienone is 1. The van der Waals surface area contributed by atoms with E-state index >= 15 is 0 Å². The Kier molecular flexibility index (Phi) is 6.87. The Morgan fingerprint density at radius 2 is 2.32 bits per heavy atom. The number of ether oxygens (including phenoxy) is 1. The lowest BCUT2D eigenvalue weighted by molar-refractivity contribution is 0.0443. The monoisotopic (exact) mass is 388 g/mol. The molecule has 2 atom stereocenters. The van der Waals surface area contributed by atoms with Crippen LogP contribution in [0.4, 0.5) is 8.78 Å². The third kappa shape index (κ3) is 6.03. The molecule has 5 nitrogen and oxygen atoms in total. The summed E-state index contributed by atoms with van der Waals surface area (Å²) in [5, 5.41) is 6.50. The molecular weight excluding hydrogens is 369 g/mol. The van der Waals surface area contributed by atoms with Crippen LogP contribution in [0.5, 0.6) is 5.88 Å². The van der Waals surface area contributed by atoms with Gasteiger partial charge in [-0.2, -0.15) is 8.78 Å². The Morgan fingerprint density at radius 1 is 1.56 bits per heavy atom. The highest BCUT2D eigenvalue weighted by Crippen LogP contribution is 2.27. The zero-order valence-electron chi connectivity index (χ0n) is 13.9. The Bertz CT molecular complexity index is 704. The maximum Gasteiger partial charge on any atom is 0.292 e. The molecule has 1 aliphatic rings. The Balaban J connectivity index is 2.00. The Hall–Kier alpha value is -1.56. The molecule has 2 N–H and O–H groups in total. The predicted molar refractivity (Wildman–Crippen MR) is 99.4 cm³/mol. The first-order valence-corrected chi connectivity index (χ1v) is 8.50. The molecule has 2 rings (SSSR count). The van der Waals surface area contributed by atoms with Crippen molar-refractivity contribution in [2.75, 3.05) is 13.7 Å². The zero-order valence-corrected chi connectivity index (χ0v) is 15.8. The maximum absolute atomic E-state index is 12.8. The number of dihydropyridines is 1. The predicted octanol–water partition coefficient (Wildman–Crippen LogP) is 3.13. The van der Waals surface area contributed by atoms with Gasteiger partial charge in [0, 0.05) is 23.7 Å². The van der Waals surface area contributed by atoms with Crippen molar-refractivity contribution in [1.82, 2.24) is 15.6 Å². The van der Waals surface area contributed by atoms with Crippen molar-refractivity contribution in [2.24, 2.45) is 4.99 Å². The van der Waals surface area contributed by atoms with Crippen molar-refractivity contribution in [3.63, 3.8) is 0 Å². The van der Waals surface area contributed by atoms with Crippen molar-refractivity contribution in [3.8, 4) is 5.88 Å². The molecule has 1 aromatic rings. The van der Waals surface area contributed by atoms with Gasteiger partial charge in [-0.05, 0) is 37.9 Å². The van der Waals surface area contributed by atoms with Gasteiger partial charge in [0.15, 0.2) is 6.61 Å². The van der Waals surface area contributed by atoms with Crippen LogP contribution in [-0.2, 0) is 6.54 Å². The van der Waals surface area contributed by atoms with Crippen molar-refractivity contribution in [2.45, 2.75) is 25.2 Å². The molecule has 0 aromatic carbocycles. The maximum atomic E-state index is 12.8. The number of aromatic nitrogens is 1. The van der Waals surface area contributed by atoms with Crippen LogP contribution in [0, 0.1) is 0 Å². The smallest absolute Gasteiger partial charge is 0.292 e. The van der Waals surface area contributed by atoms with Crippen LogP contribution < -0.4 is 15.4 Å². The molecule has 25 heavy (non-hydrogen) atoms. The number of aliphatic imine (C=N–C) groups is 1. The van der Waals surface area contributed by atoms with E-state index in [1.807, 2.05) is 26.2 Å². The number of hydrogen-bond acceptors (Lipinski definition) is 5. The van der Waals surface area contributed by atoms with E-state index in [0.29, 0.717) is 6.54 Å². The molecule has 9 heteroatoms. The van der Waals surface area contributed by atoms with Gasteiger partial charge < -0.3 is 15.4 Å². The Labute approximate surface area is 152 Å². The van der Waals surface area contributed by atoms with Crippen LogP contribution in [0.15, 0.2) is 40.8 Å². The number of hydrogen-bond donors (Lipinski definition) is 2. The molecular formula is C16H20ClF2N4OP. The summed E-state index contributed by atoms with van der Waals surface area (Å²) in [4.78, 5) is 8.38. The molecule has 0 saturated heterocycles. The van der Waals surface area contributed by atoms with E-state index in [9.17, 15) is 8.78 Å². The first kappa shape index (κ1) is 19.8. The molecule has 0 saturated carbocycles. The second-order valence-corrected chi connectivity index (χ2v) is 6.75. The summed E-state index contributed by atoms with van der Waals surface area (Å²) in [6.45, 7) is 1.53. The van der Waals surface area contributed by atoms with Gasteiger partial charge in [0.25, 0.3) is 5.66 Å². The highest BCUT2D eigenvalue weighted by Gasteiger charge is 2.23. The molecule has 1 aliphatic heterocycles. The normalized spacial score (nSPS) is 17.9. The van der Waals surface area contributed by atoms with Gasteiger partial charge in [0.05, 0.1) is 12.6 Å². The summed E-state index contributed by atoms with van der Waals surface area (Å²) < 4.78 is 30.5. The van der Waals surface area contributed by atoms with Crippen LogP contribution in [0.25, 0.3) is 0 Å². The van der Waals surface area contributed by atoms with E-state index in [1.165, 1.54) is 15.4 Å². The summed E-state index contributed by atoms with van der Waals surface area (Å²) in [6, 6.07) is 1.70. The van der Waals surface area contributed by atoms with Gasteiger partial charge in [-0.15, -0.1) is 0 Å². The molecule has 136 valence electrons. The number of alkyl halides is 2. The minimum absolute atomic E-state index is 0.0214. The van der Waals surface area contributed by atoms with E-state index in [2.05, 4.69) is 20.6 Å². The molecule has 0 aliphatic carbocycles. The van der Waals surface area contributed by atoms with Gasteiger partial charge >= 0.3 is 0 Å². The van der Waals surface area contributed by atoms with E-state index in [-0.39, 0.29) is 16.9 Å². The fourth-order valence-electron chi connectivity index (χ4n) is 2.19. The first-order valence-electron chi connectivity index (χ1n) is 7.55. The lowest BCUT2D eigenvalue weighted by atomic mass is 10.0. The molecule has 1 aromatic heterocycles. The van der Waals surface area contributed by atoms with Gasteiger partial charge in [0.1, 0.15) is 5.02 Å². The number of halogens is 3. The second kappa shape index (κ2) is 8.70. The third-order valence-electron chi connectivity index (χ3n) is 3.44. The fraction of sp³-hybridized carbons (Fsp3) is 0.375. The minimum Gasteiger partial charge on any atom is -0.470 e. The van der Waals surface area contributed by atoms with Gasteiger partial charge in [-0.25, -0.2) is 4.98 Å². The summed E-state index contributed by atoms with van der Waals surface area (Å²) in [5.74, 6) is -0.0214. The summed E-state index contributed by atoms with van der Waals surface area (Å²) in [5.41, 5.74) is -0.216. The van der Waals surface area contributed by atoms with Crippen molar-refractivity contribution in [1.29, 1.82) is 0 Å². The Morgan fingerprint density at radius 3 is 2.96 bits per heavy atom. The van der Waals surface area contributed by atoms with Gasteiger partial charge in [-0.3, -0.25) is 4.99 Å². The highest BCUT2D eigenvalue weighted by atomic mass is 35.5. The lowest BCUT2D eigenvalue weighted by Crippen LogP contribution is -2.31. The molecule has 0 bridgehead atoms. The summed E-state index contributed by atoms with van der Waals surface area (Å²) in [6.07, 6.45) is 7.19. The van der Waals surface area contributed by atoms with Crippen LogP contribution >= 0.6 is 20.8 Å². The number of likely N-dealkylation sites (N-methyl/N-ethyl adjacent to an activating group) is 1. The second-order valence-electron chi connectivity index (χ2n) is 5.50. The topological polar surface area (TPSA) is 58.5 Å². The van der Waals surface area contributed by atoms with E-state index in [4.69, 9.17) is 16.3 Å². The average molecular weight is 389 g/mol. The van der Waals surface area contributed by atoms with Crippen LogP contribution in [0.2, 0.25) is 5.02 Å². The molecule has 2 unspecified atom stereocenters. The van der Waals surface area contributed by atoms with Crippen LogP contribution in [0.1, 0.15) is 12.5 Å². The highest BCUT2D eigenvalue weighted by molar-refractivity contribution is 7.18. The third-order valence-corrected chi connectivity index (χ3v) is 3.87. The lowest BCUT2D eigenvalue weighted by Gasteiger charge is -2.20. The van der Waals surface area contributed by atoms with Crippen LogP contribution in [-0.4, -0.2) is 36.6 Å². The summed E-state index contributed by atoms with van der Waals surface area (Å²) >= 11 is 6.03.